The Hall–Kier alpha value is -4.11. The van der Waals surface area contributed by atoms with Crippen LogP contribution in [0.3, 0.4) is 0 Å². The van der Waals surface area contributed by atoms with Crippen molar-refractivity contribution >= 4 is 15.7 Å². The van der Waals surface area contributed by atoms with E-state index in [4.69, 9.17) is 14.2 Å². The number of sulfonamides is 1. The van der Waals surface area contributed by atoms with Crippen molar-refractivity contribution in [2.45, 2.75) is 27.7 Å². The van der Waals surface area contributed by atoms with Gasteiger partial charge in [-0.2, -0.15) is 0 Å². The molecule has 0 aliphatic carbocycles. The summed E-state index contributed by atoms with van der Waals surface area (Å²) in [5.74, 6) is 0.631. The first kappa shape index (κ1) is 30.4. The highest BCUT2D eigenvalue weighted by atomic mass is 32.2. The molecule has 0 heterocycles. The van der Waals surface area contributed by atoms with Crippen LogP contribution in [-0.4, -0.2) is 52.3 Å². The summed E-state index contributed by atoms with van der Waals surface area (Å²) in [6.07, 6.45) is 4.92. The summed E-state index contributed by atoms with van der Waals surface area (Å²) in [6, 6.07) is 13.5. The molecule has 9 heteroatoms. The molecule has 8 nitrogen and oxygen atoms in total. The monoisotopic (exact) mass is 567 g/mol. The van der Waals surface area contributed by atoms with Gasteiger partial charge in [-0.15, -0.1) is 0 Å². The number of nitrogens with zero attached hydrogens (tertiary/aromatic N) is 1. The van der Waals surface area contributed by atoms with E-state index < -0.39 is 10.0 Å². The van der Waals surface area contributed by atoms with Crippen molar-refractivity contribution in [2.24, 2.45) is 0 Å². The molecule has 0 saturated heterocycles. The molecule has 0 unspecified atom stereocenters. The van der Waals surface area contributed by atoms with Crippen LogP contribution in [0.1, 0.15) is 27.7 Å². The minimum atomic E-state index is -3.50. The second-order valence-electron chi connectivity index (χ2n) is 9.78. The van der Waals surface area contributed by atoms with Crippen LogP contribution in [0.2, 0.25) is 0 Å². The van der Waals surface area contributed by atoms with Crippen molar-refractivity contribution in [1.29, 1.82) is 0 Å². The average Bonchev–Trinajstić information content (AvgIpc) is 2.88. The first-order chi connectivity index (χ1) is 18.9. The number of hydrogen-bond donors (Lipinski definition) is 2. The summed E-state index contributed by atoms with van der Waals surface area (Å²) in [7, 11) is -0.564. The van der Waals surface area contributed by atoms with Crippen molar-refractivity contribution in [1.82, 2.24) is 0 Å². The fourth-order valence-electron chi connectivity index (χ4n) is 4.09. The Morgan fingerprint density at radius 1 is 0.850 bits per heavy atom. The van der Waals surface area contributed by atoms with Crippen LogP contribution in [0.25, 0.3) is 22.3 Å². The van der Waals surface area contributed by atoms with Crippen LogP contribution >= 0.6 is 0 Å². The molecule has 0 amide bonds. The van der Waals surface area contributed by atoms with E-state index in [2.05, 4.69) is 0 Å². The first-order valence-corrected chi connectivity index (χ1v) is 14.5. The minimum absolute atomic E-state index is 0.0803. The molecule has 3 rings (SSSR count). The van der Waals surface area contributed by atoms with E-state index in [1.165, 1.54) is 30.8 Å². The summed E-state index contributed by atoms with van der Waals surface area (Å²) < 4.78 is 43.0. The first-order valence-electron chi connectivity index (χ1n) is 12.7. The van der Waals surface area contributed by atoms with Crippen molar-refractivity contribution in [2.75, 3.05) is 37.9 Å². The van der Waals surface area contributed by atoms with Gasteiger partial charge >= 0.3 is 0 Å². The Balaban J connectivity index is 2.05. The number of benzene rings is 3. The average molecular weight is 568 g/mol. The third-order valence-electron chi connectivity index (χ3n) is 6.15. The lowest BCUT2D eigenvalue weighted by molar-refractivity contribution is 0.335. The second-order valence-corrected chi connectivity index (χ2v) is 11.7. The van der Waals surface area contributed by atoms with E-state index in [-0.39, 0.29) is 23.8 Å². The van der Waals surface area contributed by atoms with E-state index in [0.717, 1.165) is 11.1 Å². The van der Waals surface area contributed by atoms with Crippen LogP contribution < -0.4 is 18.5 Å². The van der Waals surface area contributed by atoms with Gasteiger partial charge in [-0.25, -0.2) is 8.42 Å². The van der Waals surface area contributed by atoms with Gasteiger partial charge in [-0.1, -0.05) is 35.4 Å². The van der Waals surface area contributed by atoms with Crippen LogP contribution in [0.5, 0.6) is 28.7 Å². The minimum Gasteiger partial charge on any atom is -0.504 e. The lowest BCUT2D eigenvalue weighted by Crippen LogP contribution is -2.30. The summed E-state index contributed by atoms with van der Waals surface area (Å²) in [5.41, 5.74) is 4.70. The zero-order chi connectivity index (χ0) is 29.6. The van der Waals surface area contributed by atoms with E-state index in [9.17, 15) is 18.6 Å². The van der Waals surface area contributed by atoms with Gasteiger partial charge < -0.3 is 24.4 Å². The second kappa shape index (κ2) is 12.8. The van der Waals surface area contributed by atoms with Crippen LogP contribution in [-0.2, 0) is 10.0 Å². The lowest BCUT2D eigenvalue weighted by Gasteiger charge is -2.22. The molecule has 0 aromatic heterocycles. The number of allylic oxidation sites excluding steroid dienone is 2. The molecule has 3 aromatic rings. The standard InChI is InChI=1S/C31H37NO7S/c1-20(2)14-16-32(40(7,35)36)24-11-8-22(9-12-24)25-19-28(37-5)29(30(34)31(25)38-6)23-10-13-27(26(33)18-23)39-17-15-21(3)4/h8-15,18-19,33-34H,16-17H2,1-7H3. The molecular formula is C31H37NO7S. The maximum atomic E-state index is 12.4. The van der Waals surface area contributed by atoms with Gasteiger partial charge in [0.1, 0.15) is 12.4 Å². The predicted octanol–water partition coefficient (Wildman–Crippen LogP) is 6.53. The van der Waals surface area contributed by atoms with Crippen LogP contribution in [0.15, 0.2) is 71.8 Å². The molecule has 0 aliphatic rings. The molecule has 214 valence electrons. The Morgan fingerprint density at radius 2 is 1.48 bits per heavy atom. The fraction of sp³-hybridized carbons (Fsp3) is 0.290. The molecule has 0 aliphatic heterocycles. The summed E-state index contributed by atoms with van der Waals surface area (Å²) in [5, 5.41) is 21.9. The van der Waals surface area contributed by atoms with Gasteiger partial charge in [0.25, 0.3) is 0 Å². The SMILES string of the molecule is COc1cc(-c2ccc(N(CC=C(C)C)S(C)(=O)=O)cc2)c(OC)c(O)c1-c1ccc(OCC=C(C)C)c(O)c1. The van der Waals surface area contributed by atoms with E-state index in [0.29, 0.717) is 46.0 Å². The number of anilines is 1. The van der Waals surface area contributed by atoms with Gasteiger partial charge in [-0.3, -0.25) is 4.31 Å². The molecule has 0 spiro atoms. The molecule has 0 bridgehead atoms. The van der Waals surface area contributed by atoms with E-state index in [1.807, 2.05) is 39.8 Å². The maximum Gasteiger partial charge on any atom is 0.232 e. The van der Waals surface area contributed by atoms with E-state index in [1.54, 1.807) is 42.5 Å². The molecule has 3 aromatic carbocycles. The number of methoxy groups -OCH3 is 2. The van der Waals surface area contributed by atoms with Crippen molar-refractivity contribution < 1.29 is 32.8 Å². The summed E-state index contributed by atoms with van der Waals surface area (Å²) in [6.45, 7) is 8.29. The molecule has 0 saturated carbocycles. The Labute approximate surface area is 236 Å². The van der Waals surface area contributed by atoms with Gasteiger partial charge in [0.05, 0.1) is 38.3 Å². The normalized spacial score (nSPS) is 11.0. The largest absolute Gasteiger partial charge is 0.504 e. The number of phenolic OH excluding ortho intramolecular Hbond substituents is 2. The quantitative estimate of drug-likeness (QED) is 0.254. The number of ether oxygens (including phenoxy) is 3. The predicted molar refractivity (Wildman–Crippen MR) is 160 cm³/mol. The Kier molecular flexibility index (Phi) is 9.76. The highest BCUT2D eigenvalue weighted by Gasteiger charge is 2.23. The van der Waals surface area contributed by atoms with E-state index >= 15 is 0 Å². The van der Waals surface area contributed by atoms with Crippen molar-refractivity contribution in [3.63, 3.8) is 0 Å². The van der Waals surface area contributed by atoms with Gasteiger partial charge in [0, 0.05) is 5.56 Å². The number of hydrogen-bond acceptors (Lipinski definition) is 7. The molecule has 40 heavy (non-hydrogen) atoms. The molecular weight excluding hydrogens is 530 g/mol. The molecule has 2 N–H and O–H groups in total. The molecule has 0 radical (unpaired) electrons. The smallest absolute Gasteiger partial charge is 0.232 e. The van der Waals surface area contributed by atoms with Gasteiger partial charge in [-0.05, 0) is 75.2 Å². The van der Waals surface area contributed by atoms with Crippen LogP contribution in [0.4, 0.5) is 5.69 Å². The van der Waals surface area contributed by atoms with Crippen molar-refractivity contribution in [3.05, 3.63) is 71.8 Å². The Morgan fingerprint density at radius 3 is 2.00 bits per heavy atom. The third kappa shape index (κ3) is 7.09. The summed E-state index contributed by atoms with van der Waals surface area (Å²) in [4.78, 5) is 0. The number of phenols is 2. The highest BCUT2D eigenvalue weighted by molar-refractivity contribution is 7.92. The van der Waals surface area contributed by atoms with Crippen LogP contribution in [0, 0.1) is 0 Å². The maximum absolute atomic E-state index is 12.4. The third-order valence-corrected chi connectivity index (χ3v) is 7.31. The zero-order valence-electron chi connectivity index (χ0n) is 24.0. The van der Waals surface area contributed by atoms with Crippen molar-refractivity contribution in [3.8, 4) is 51.0 Å². The van der Waals surface area contributed by atoms with Gasteiger partial charge in [0.2, 0.25) is 10.0 Å². The summed E-state index contributed by atoms with van der Waals surface area (Å²) >= 11 is 0. The fourth-order valence-corrected chi connectivity index (χ4v) is 4.94. The number of rotatable bonds is 11. The lowest BCUT2D eigenvalue weighted by atomic mass is 9.96. The number of aromatic hydroxyl groups is 2. The topological polar surface area (TPSA) is 106 Å². The zero-order valence-corrected chi connectivity index (χ0v) is 24.8. The Bertz CT molecular complexity index is 1520. The highest BCUT2D eigenvalue weighted by Crippen LogP contribution is 2.50. The molecule has 0 atom stereocenters. The van der Waals surface area contributed by atoms with Gasteiger partial charge in [0.15, 0.2) is 23.0 Å². The molecule has 0 fully saturated rings.